The zero-order valence-electron chi connectivity index (χ0n) is 10.1. The number of carbonyl (C=O) groups excluding carboxylic acids is 1. The Hall–Kier alpha value is -1.95. The molecule has 0 aliphatic carbocycles. The molecule has 0 aliphatic rings. The molecule has 1 rings (SSSR count). The van der Waals surface area contributed by atoms with Crippen LogP contribution in [0.5, 0.6) is 0 Å². The van der Waals surface area contributed by atoms with E-state index in [1.54, 1.807) is 12.1 Å². The van der Waals surface area contributed by atoms with Crippen molar-refractivity contribution in [1.29, 1.82) is 0 Å². The molecular formula is C12H16N2O4. The highest BCUT2D eigenvalue weighted by molar-refractivity contribution is 5.78. The number of aliphatic hydroxyl groups is 1. The summed E-state index contributed by atoms with van der Waals surface area (Å²) in [6, 6.07) is 5.87. The first-order valence-corrected chi connectivity index (χ1v) is 5.63. The lowest BCUT2D eigenvalue weighted by Crippen LogP contribution is -2.30. The molecule has 1 aromatic carbocycles. The zero-order valence-corrected chi connectivity index (χ0v) is 10.1. The predicted molar refractivity (Wildman–Crippen MR) is 66.1 cm³/mol. The number of hydrogen-bond donors (Lipinski definition) is 2. The first kappa shape index (κ1) is 14.1. The van der Waals surface area contributed by atoms with E-state index in [0.717, 1.165) is 5.56 Å². The Kier molecular flexibility index (Phi) is 5.26. The van der Waals surface area contributed by atoms with Gasteiger partial charge in [0.05, 0.1) is 11.3 Å². The smallest absolute Gasteiger partial charge is 0.269 e. The van der Waals surface area contributed by atoms with E-state index in [2.05, 4.69) is 5.32 Å². The summed E-state index contributed by atoms with van der Waals surface area (Å²) in [5.41, 5.74) is 0.725. The maximum absolute atomic E-state index is 11.5. The van der Waals surface area contributed by atoms with Crippen LogP contribution in [0, 0.1) is 16.0 Å². The fraction of sp³-hybridized carbons (Fsp3) is 0.417. The Morgan fingerprint density at radius 1 is 1.44 bits per heavy atom. The summed E-state index contributed by atoms with van der Waals surface area (Å²) in [6.45, 7) is 2.27. The maximum atomic E-state index is 11.5. The Labute approximate surface area is 105 Å². The topological polar surface area (TPSA) is 92.5 Å². The number of aliphatic hydroxyl groups excluding tert-OH is 1. The van der Waals surface area contributed by atoms with Gasteiger partial charge in [0.15, 0.2) is 0 Å². The SMILES string of the molecule is CC(CO)CNC(=O)Cc1ccc([N+](=O)[O-])cc1. The van der Waals surface area contributed by atoms with Crippen molar-refractivity contribution in [2.45, 2.75) is 13.3 Å². The summed E-state index contributed by atoms with van der Waals surface area (Å²) >= 11 is 0. The molecule has 1 amide bonds. The van der Waals surface area contributed by atoms with Crippen LogP contribution in [0.3, 0.4) is 0 Å². The number of amides is 1. The molecule has 0 heterocycles. The van der Waals surface area contributed by atoms with Gasteiger partial charge in [-0.1, -0.05) is 19.1 Å². The van der Waals surface area contributed by atoms with Gasteiger partial charge in [-0.05, 0) is 11.5 Å². The van der Waals surface area contributed by atoms with Crippen LogP contribution in [0.2, 0.25) is 0 Å². The summed E-state index contributed by atoms with van der Waals surface area (Å²) in [5, 5.41) is 21.9. The fourth-order valence-corrected chi connectivity index (χ4v) is 1.34. The van der Waals surface area contributed by atoms with Crippen molar-refractivity contribution in [3.8, 4) is 0 Å². The number of nitrogens with zero attached hydrogens (tertiary/aromatic N) is 1. The highest BCUT2D eigenvalue weighted by Crippen LogP contribution is 2.12. The molecule has 0 spiro atoms. The van der Waals surface area contributed by atoms with Crippen LogP contribution in [0.4, 0.5) is 5.69 Å². The Balaban J connectivity index is 2.47. The van der Waals surface area contributed by atoms with Gasteiger partial charge in [0.1, 0.15) is 0 Å². The third kappa shape index (κ3) is 4.50. The second-order valence-electron chi connectivity index (χ2n) is 4.19. The zero-order chi connectivity index (χ0) is 13.5. The number of carbonyl (C=O) groups is 1. The van der Waals surface area contributed by atoms with Gasteiger partial charge in [-0.15, -0.1) is 0 Å². The lowest BCUT2D eigenvalue weighted by atomic mass is 10.1. The predicted octanol–water partition coefficient (Wildman–Crippen LogP) is 0.882. The number of nitro groups is 1. The molecule has 98 valence electrons. The molecule has 1 atom stereocenters. The van der Waals surface area contributed by atoms with E-state index in [-0.39, 0.29) is 30.5 Å². The van der Waals surface area contributed by atoms with Crippen molar-refractivity contribution in [1.82, 2.24) is 5.32 Å². The molecule has 0 saturated carbocycles. The third-order valence-electron chi connectivity index (χ3n) is 2.47. The van der Waals surface area contributed by atoms with Gasteiger partial charge < -0.3 is 10.4 Å². The highest BCUT2D eigenvalue weighted by atomic mass is 16.6. The van der Waals surface area contributed by atoms with E-state index < -0.39 is 4.92 Å². The molecule has 1 aromatic rings. The van der Waals surface area contributed by atoms with Gasteiger partial charge in [0.2, 0.25) is 5.91 Å². The number of benzene rings is 1. The van der Waals surface area contributed by atoms with E-state index in [9.17, 15) is 14.9 Å². The van der Waals surface area contributed by atoms with Gasteiger partial charge in [-0.3, -0.25) is 14.9 Å². The van der Waals surface area contributed by atoms with Crippen molar-refractivity contribution in [2.24, 2.45) is 5.92 Å². The van der Waals surface area contributed by atoms with Crippen molar-refractivity contribution < 1.29 is 14.8 Å². The average molecular weight is 252 g/mol. The summed E-state index contributed by atoms with van der Waals surface area (Å²) < 4.78 is 0. The van der Waals surface area contributed by atoms with Crippen molar-refractivity contribution in [3.05, 3.63) is 39.9 Å². The molecule has 6 heteroatoms. The van der Waals surface area contributed by atoms with E-state index in [4.69, 9.17) is 5.11 Å². The van der Waals surface area contributed by atoms with Crippen LogP contribution in [0.1, 0.15) is 12.5 Å². The lowest BCUT2D eigenvalue weighted by Gasteiger charge is -2.09. The molecule has 6 nitrogen and oxygen atoms in total. The fourth-order valence-electron chi connectivity index (χ4n) is 1.34. The molecule has 0 radical (unpaired) electrons. The Bertz CT molecular complexity index is 417. The van der Waals surface area contributed by atoms with E-state index >= 15 is 0 Å². The third-order valence-corrected chi connectivity index (χ3v) is 2.47. The van der Waals surface area contributed by atoms with E-state index in [1.165, 1.54) is 12.1 Å². The Morgan fingerprint density at radius 3 is 2.56 bits per heavy atom. The largest absolute Gasteiger partial charge is 0.396 e. The molecule has 2 N–H and O–H groups in total. The molecule has 0 aliphatic heterocycles. The van der Waals surface area contributed by atoms with Crippen LogP contribution in [0.15, 0.2) is 24.3 Å². The molecule has 0 aromatic heterocycles. The molecule has 0 saturated heterocycles. The van der Waals surface area contributed by atoms with Gasteiger partial charge in [-0.25, -0.2) is 0 Å². The minimum absolute atomic E-state index is 0.00746. The average Bonchev–Trinajstić information content (AvgIpc) is 2.36. The first-order chi connectivity index (χ1) is 8.52. The van der Waals surface area contributed by atoms with Gasteiger partial charge in [-0.2, -0.15) is 0 Å². The lowest BCUT2D eigenvalue weighted by molar-refractivity contribution is -0.384. The van der Waals surface area contributed by atoms with Crippen LogP contribution >= 0.6 is 0 Å². The summed E-state index contributed by atoms with van der Waals surface area (Å²) in [6.07, 6.45) is 0.177. The molecule has 1 unspecified atom stereocenters. The monoisotopic (exact) mass is 252 g/mol. The minimum Gasteiger partial charge on any atom is -0.396 e. The standard InChI is InChI=1S/C12H16N2O4/c1-9(8-15)7-13-12(16)6-10-2-4-11(5-3-10)14(17)18/h2-5,9,15H,6-8H2,1H3,(H,13,16). The minimum atomic E-state index is -0.479. The maximum Gasteiger partial charge on any atom is 0.269 e. The number of hydrogen-bond acceptors (Lipinski definition) is 4. The Morgan fingerprint density at radius 2 is 2.06 bits per heavy atom. The van der Waals surface area contributed by atoms with Crippen LogP contribution < -0.4 is 5.32 Å². The van der Waals surface area contributed by atoms with Gasteiger partial charge in [0, 0.05) is 25.3 Å². The summed E-state index contributed by atoms with van der Waals surface area (Å²) in [5.74, 6) is -0.144. The van der Waals surface area contributed by atoms with E-state index in [0.29, 0.717) is 6.54 Å². The highest BCUT2D eigenvalue weighted by Gasteiger charge is 2.08. The molecule has 18 heavy (non-hydrogen) atoms. The van der Waals surface area contributed by atoms with E-state index in [1.807, 2.05) is 6.92 Å². The first-order valence-electron chi connectivity index (χ1n) is 5.63. The van der Waals surface area contributed by atoms with Crippen molar-refractivity contribution >= 4 is 11.6 Å². The second-order valence-corrected chi connectivity index (χ2v) is 4.19. The van der Waals surface area contributed by atoms with Crippen LogP contribution in [0.25, 0.3) is 0 Å². The number of nitrogens with one attached hydrogen (secondary N) is 1. The molecular weight excluding hydrogens is 236 g/mol. The second kappa shape index (κ2) is 6.70. The molecule has 0 bridgehead atoms. The van der Waals surface area contributed by atoms with Gasteiger partial charge in [0.25, 0.3) is 5.69 Å². The number of non-ortho nitro benzene ring substituents is 1. The normalized spacial score (nSPS) is 11.9. The van der Waals surface area contributed by atoms with Crippen molar-refractivity contribution in [2.75, 3.05) is 13.2 Å². The van der Waals surface area contributed by atoms with Crippen LogP contribution in [-0.2, 0) is 11.2 Å². The molecule has 0 fully saturated rings. The van der Waals surface area contributed by atoms with Gasteiger partial charge >= 0.3 is 0 Å². The number of nitro benzene ring substituents is 1. The summed E-state index contributed by atoms with van der Waals surface area (Å²) in [4.78, 5) is 21.5. The quantitative estimate of drug-likeness (QED) is 0.580. The van der Waals surface area contributed by atoms with Crippen LogP contribution in [-0.4, -0.2) is 29.1 Å². The van der Waals surface area contributed by atoms with Crippen molar-refractivity contribution in [3.63, 3.8) is 0 Å². The summed E-state index contributed by atoms with van der Waals surface area (Å²) in [7, 11) is 0. The number of rotatable bonds is 6.